The molecule has 2 rings (SSSR count). The highest BCUT2D eigenvalue weighted by atomic mass is 35.5. The van der Waals surface area contributed by atoms with Crippen molar-refractivity contribution >= 4 is 62.7 Å². The smallest absolute Gasteiger partial charge is 0.408 e. The Morgan fingerprint density at radius 3 is 2.23 bits per heavy atom. The first-order valence-corrected chi connectivity index (χ1v) is 13.9. The number of benzene rings is 2. The van der Waals surface area contributed by atoms with Gasteiger partial charge < -0.3 is 30.9 Å². The fourth-order valence-corrected chi connectivity index (χ4v) is 5.09. The van der Waals surface area contributed by atoms with Crippen LogP contribution >= 0.6 is 23.2 Å². The quantitative estimate of drug-likeness (QED) is 0.156. The molecular weight excluding hydrogens is 575 g/mol. The Morgan fingerprint density at radius 1 is 0.974 bits per heavy atom. The molecule has 0 saturated carbocycles. The van der Waals surface area contributed by atoms with Gasteiger partial charge in [-0.3, -0.25) is 0 Å². The van der Waals surface area contributed by atoms with E-state index < -0.39 is 50.4 Å². The number of carbonyl (C=O) groups excluding carboxylic acids is 2. The number of unbranched alkanes of at least 4 members (excludes halogenated alkanes) is 1. The molecule has 12 nitrogen and oxygen atoms in total. The number of anilines is 2. The molecule has 0 spiro atoms. The minimum atomic E-state index is -4.33. The van der Waals surface area contributed by atoms with Crippen molar-refractivity contribution in [1.82, 2.24) is 10.0 Å². The highest BCUT2D eigenvalue weighted by molar-refractivity contribution is 7.89. The average Bonchev–Trinajstić information content (AvgIpc) is 2.80. The number of para-hydroxylation sites is 1. The second-order valence-corrected chi connectivity index (χ2v) is 11.8. The Balaban J connectivity index is 1.98. The molecule has 3 amide bonds. The molecule has 0 aromatic heterocycles. The lowest BCUT2D eigenvalue weighted by Crippen LogP contribution is -2.43. The summed E-state index contributed by atoms with van der Waals surface area (Å²) in [5, 5.41) is 27.0. The maximum absolute atomic E-state index is 12.9. The first kappa shape index (κ1) is 32.0. The average molecular weight is 605 g/mol. The number of carboxylic acids is 1. The Morgan fingerprint density at radius 2 is 1.62 bits per heavy atom. The van der Waals surface area contributed by atoms with Crippen molar-refractivity contribution in [1.29, 1.82) is 0 Å². The second kappa shape index (κ2) is 13.7. The van der Waals surface area contributed by atoms with Crippen LogP contribution in [0.2, 0.25) is 10.0 Å². The molecule has 0 fully saturated rings. The zero-order valence-electron chi connectivity index (χ0n) is 21.4. The van der Waals surface area contributed by atoms with Gasteiger partial charge in [0.1, 0.15) is 16.5 Å². The van der Waals surface area contributed by atoms with E-state index in [1.54, 1.807) is 45.0 Å². The number of urea groups is 1. The largest absolute Gasteiger partial charge is 0.504 e. The van der Waals surface area contributed by atoms with Crippen molar-refractivity contribution in [2.45, 2.75) is 56.6 Å². The number of phenolic OH excluding ortho intramolecular Hbond substituents is 1. The molecule has 0 heterocycles. The number of alkyl carbamates (subject to hydrolysis) is 1. The molecule has 0 aliphatic carbocycles. The molecule has 2 aromatic carbocycles. The van der Waals surface area contributed by atoms with Crippen LogP contribution in [0.4, 0.5) is 21.0 Å². The van der Waals surface area contributed by atoms with E-state index in [4.69, 9.17) is 27.9 Å². The van der Waals surface area contributed by atoms with Crippen molar-refractivity contribution < 1.29 is 37.8 Å². The molecule has 1 atom stereocenters. The molecule has 2 aromatic rings. The number of aliphatic carboxylic acids is 1. The van der Waals surface area contributed by atoms with Gasteiger partial charge in [0, 0.05) is 6.54 Å². The van der Waals surface area contributed by atoms with Gasteiger partial charge in [-0.15, -0.1) is 0 Å². The van der Waals surface area contributed by atoms with Gasteiger partial charge in [-0.05, 0) is 64.3 Å². The summed E-state index contributed by atoms with van der Waals surface area (Å²) in [7, 11) is -4.33. The molecule has 0 radical (unpaired) electrons. The van der Waals surface area contributed by atoms with E-state index in [1.165, 1.54) is 12.1 Å². The van der Waals surface area contributed by atoms with Crippen LogP contribution in [0.5, 0.6) is 5.75 Å². The van der Waals surface area contributed by atoms with Gasteiger partial charge >= 0.3 is 18.1 Å². The number of aromatic hydroxyl groups is 1. The fourth-order valence-electron chi connectivity index (χ4n) is 3.20. The number of hydrogen-bond donors (Lipinski definition) is 6. The Kier molecular flexibility index (Phi) is 11.2. The highest BCUT2D eigenvalue weighted by Crippen LogP contribution is 2.37. The van der Waals surface area contributed by atoms with Gasteiger partial charge in [-0.2, -0.15) is 0 Å². The lowest BCUT2D eigenvalue weighted by atomic mass is 10.1. The fraction of sp³-hybridized carbons (Fsp3) is 0.375. The summed E-state index contributed by atoms with van der Waals surface area (Å²) in [5.74, 6) is -2.04. The molecular formula is C24H30Cl2N4O8S. The number of hydrogen-bond acceptors (Lipinski definition) is 7. The van der Waals surface area contributed by atoms with Crippen LogP contribution in [0.1, 0.15) is 40.0 Å². The topological polar surface area (TPSA) is 183 Å². The van der Waals surface area contributed by atoms with Crippen molar-refractivity contribution in [2.24, 2.45) is 0 Å². The van der Waals surface area contributed by atoms with E-state index in [2.05, 4.69) is 20.7 Å². The maximum atomic E-state index is 12.9. The monoisotopic (exact) mass is 604 g/mol. The third-order valence-corrected chi connectivity index (χ3v) is 7.21. The number of ether oxygens (including phenoxy) is 1. The first-order chi connectivity index (χ1) is 18.1. The van der Waals surface area contributed by atoms with Gasteiger partial charge in [-0.25, -0.2) is 27.5 Å². The molecule has 6 N–H and O–H groups in total. The summed E-state index contributed by atoms with van der Waals surface area (Å²) in [4.78, 5) is 35.0. The van der Waals surface area contributed by atoms with Crippen molar-refractivity contribution in [2.75, 3.05) is 17.2 Å². The SMILES string of the molecule is CC(C)(C)OC(=O)NC(CCCCNS(=O)(=O)c1c(Cl)ccc(NC(=O)Nc2ccccc2Cl)c1O)C(=O)O. The van der Waals surface area contributed by atoms with Crippen molar-refractivity contribution in [3.63, 3.8) is 0 Å². The van der Waals surface area contributed by atoms with E-state index in [1.807, 2.05) is 0 Å². The number of phenols is 1. The van der Waals surface area contributed by atoms with Crippen molar-refractivity contribution in [3.8, 4) is 5.75 Å². The molecule has 0 aliphatic heterocycles. The van der Waals surface area contributed by atoms with Gasteiger partial charge in [-0.1, -0.05) is 35.3 Å². The first-order valence-electron chi connectivity index (χ1n) is 11.7. The highest BCUT2D eigenvalue weighted by Gasteiger charge is 2.26. The molecule has 1 unspecified atom stereocenters. The number of rotatable bonds is 11. The summed E-state index contributed by atoms with van der Waals surface area (Å²) in [6.07, 6.45) is -0.425. The maximum Gasteiger partial charge on any atom is 0.408 e. The molecule has 15 heteroatoms. The van der Waals surface area contributed by atoms with Crippen LogP contribution < -0.4 is 20.7 Å². The van der Waals surface area contributed by atoms with Crippen LogP contribution in [-0.4, -0.2) is 54.9 Å². The van der Waals surface area contributed by atoms with Gasteiger partial charge in [0.25, 0.3) is 0 Å². The van der Waals surface area contributed by atoms with Crippen molar-refractivity contribution in [3.05, 3.63) is 46.4 Å². The van der Waals surface area contributed by atoms with Crippen LogP contribution in [0, 0.1) is 0 Å². The Labute approximate surface area is 236 Å². The summed E-state index contributed by atoms with van der Waals surface area (Å²) < 4.78 is 33.1. The number of halogens is 2. The van der Waals surface area contributed by atoms with Gasteiger partial charge in [0.2, 0.25) is 10.0 Å². The van der Waals surface area contributed by atoms with E-state index >= 15 is 0 Å². The van der Waals surface area contributed by atoms with Crippen LogP contribution in [0.25, 0.3) is 0 Å². The molecule has 0 aliphatic rings. The third-order valence-electron chi connectivity index (χ3n) is 4.92. The Hall–Kier alpha value is -3.26. The predicted molar refractivity (Wildman–Crippen MR) is 147 cm³/mol. The number of carbonyl (C=O) groups is 3. The number of nitrogens with one attached hydrogen (secondary N) is 4. The van der Waals surface area contributed by atoms with Crippen LogP contribution in [-0.2, 0) is 19.6 Å². The molecule has 0 bridgehead atoms. The van der Waals surface area contributed by atoms with E-state index in [9.17, 15) is 33.0 Å². The zero-order valence-corrected chi connectivity index (χ0v) is 23.7. The van der Waals surface area contributed by atoms with Gasteiger partial charge in [0.05, 0.1) is 21.4 Å². The van der Waals surface area contributed by atoms with E-state index in [-0.39, 0.29) is 41.5 Å². The van der Waals surface area contributed by atoms with Gasteiger partial charge in [0.15, 0.2) is 5.75 Å². The lowest BCUT2D eigenvalue weighted by Gasteiger charge is -2.22. The minimum Gasteiger partial charge on any atom is -0.504 e. The minimum absolute atomic E-state index is 0.0161. The van der Waals surface area contributed by atoms with Crippen LogP contribution in [0.15, 0.2) is 41.3 Å². The standard InChI is InChI=1S/C24H30Cl2N4O8S/c1-24(2,3)38-23(35)30-18(21(32)33)10-6-7-13-27-39(36,37)20-15(26)11-12-17(19(20)31)29-22(34)28-16-9-5-4-8-14(16)25/h4-5,8-9,11-12,18,27,31H,6-7,10,13H2,1-3H3,(H,30,35)(H,32,33)(H2,28,29,34). The summed E-state index contributed by atoms with van der Waals surface area (Å²) in [6, 6.07) is 6.85. The van der Waals surface area contributed by atoms with E-state index in [0.717, 1.165) is 0 Å². The Bertz CT molecular complexity index is 1320. The number of sulfonamides is 1. The second-order valence-electron chi connectivity index (χ2n) is 9.26. The zero-order chi connectivity index (χ0) is 29.4. The third kappa shape index (κ3) is 10.1. The number of carboxylic acid groups (broad SMARTS) is 1. The predicted octanol–water partition coefficient (Wildman–Crippen LogP) is 4.77. The molecule has 214 valence electrons. The lowest BCUT2D eigenvalue weighted by molar-refractivity contribution is -0.139. The molecule has 39 heavy (non-hydrogen) atoms. The van der Waals surface area contributed by atoms with E-state index in [0.29, 0.717) is 5.69 Å². The number of amides is 3. The summed E-state index contributed by atoms with van der Waals surface area (Å²) in [6.45, 7) is 4.79. The normalized spacial score (nSPS) is 12.3. The summed E-state index contributed by atoms with van der Waals surface area (Å²) in [5.41, 5.74) is -0.724. The molecule has 0 saturated heterocycles. The summed E-state index contributed by atoms with van der Waals surface area (Å²) >= 11 is 12.0. The van der Waals surface area contributed by atoms with Crippen LogP contribution in [0.3, 0.4) is 0 Å².